The Kier molecular flexibility index (Phi) is 5.14. The molecule has 0 aliphatic heterocycles. The van der Waals surface area contributed by atoms with Gasteiger partial charge in [-0.05, 0) is 25.5 Å². The minimum Gasteiger partial charge on any atom is -0.389 e. The Balaban J connectivity index is 2.39. The Morgan fingerprint density at radius 1 is 1.48 bits per heavy atom. The van der Waals surface area contributed by atoms with Gasteiger partial charge in [-0.1, -0.05) is 31.2 Å². The second kappa shape index (κ2) is 6.87. The maximum atomic E-state index is 13.8. The molecule has 0 fully saturated rings. The Morgan fingerprint density at radius 3 is 2.90 bits per heavy atom. The van der Waals surface area contributed by atoms with E-state index in [0.29, 0.717) is 22.2 Å². The SMILES string of the molecule is CCCc1cc(=O)[nH]c(Sc2cccc(F)c2[C@@H](C)O)n1. The van der Waals surface area contributed by atoms with Crippen molar-refractivity contribution in [1.82, 2.24) is 9.97 Å². The van der Waals surface area contributed by atoms with Crippen molar-refractivity contribution in [3.05, 3.63) is 51.7 Å². The summed E-state index contributed by atoms with van der Waals surface area (Å²) < 4.78 is 13.8. The molecule has 21 heavy (non-hydrogen) atoms. The maximum Gasteiger partial charge on any atom is 0.251 e. The van der Waals surface area contributed by atoms with Gasteiger partial charge < -0.3 is 10.1 Å². The first-order valence-corrected chi connectivity index (χ1v) is 7.57. The van der Waals surface area contributed by atoms with E-state index < -0.39 is 11.9 Å². The van der Waals surface area contributed by atoms with E-state index in [1.54, 1.807) is 12.1 Å². The van der Waals surface area contributed by atoms with Crippen LogP contribution in [0.4, 0.5) is 4.39 Å². The third-order valence-electron chi connectivity index (χ3n) is 2.92. The number of nitrogens with one attached hydrogen (secondary N) is 1. The Bertz CT molecular complexity index is 686. The highest BCUT2D eigenvalue weighted by Gasteiger charge is 2.15. The number of aliphatic hydroxyl groups is 1. The lowest BCUT2D eigenvalue weighted by molar-refractivity contribution is 0.191. The van der Waals surface area contributed by atoms with Gasteiger partial charge in [0, 0.05) is 22.2 Å². The summed E-state index contributed by atoms with van der Waals surface area (Å²) in [6, 6.07) is 6.03. The fourth-order valence-electron chi connectivity index (χ4n) is 2.03. The van der Waals surface area contributed by atoms with Gasteiger partial charge in [0.1, 0.15) is 5.82 Å². The number of aryl methyl sites for hydroxylation is 1. The Labute approximate surface area is 126 Å². The van der Waals surface area contributed by atoms with Gasteiger partial charge in [0.15, 0.2) is 5.16 Å². The number of aliphatic hydroxyl groups excluding tert-OH is 1. The number of aromatic amines is 1. The summed E-state index contributed by atoms with van der Waals surface area (Å²) >= 11 is 1.14. The van der Waals surface area contributed by atoms with Gasteiger partial charge in [-0.15, -0.1) is 0 Å². The molecule has 0 aliphatic rings. The number of rotatable bonds is 5. The Hall–Kier alpha value is -1.66. The van der Waals surface area contributed by atoms with Crippen LogP contribution in [-0.4, -0.2) is 15.1 Å². The highest BCUT2D eigenvalue weighted by molar-refractivity contribution is 7.99. The molecule has 112 valence electrons. The standard InChI is InChI=1S/C15H17FN2O2S/c1-3-5-10-8-13(20)18-15(17-10)21-12-7-4-6-11(16)14(12)9(2)19/h4,6-9,19H,3,5H2,1-2H3,(H,17,18,20)/t9-/m1/s1. The zero-order valence-corrected chi connectivity index (χ0v) is 12.7. The van der Waals surface area contributed by atoms with Crippen molar-refractivity contribution in [2.45, 2.75) is 42.8 Å². The lowest BCUT2D eigenvalue weighted by Gasteiger charge is -2.12. The number of halogens is 1. The fourth-order valence-corrected chi connectivity index (χ4v) is 3.08. The lowest BCUT2D eigenvalue weighted by Crippen LogP contribution is -2.10. The van der Waals surface area contributed by atoms with Crippen LogP contribution >= 0.6 is 11.8 Å². The molecular formula is C15H17FN2O2S. The van der Waals surface area contributed by atoms with Crippen molar-refractivity contribution in [2.24, 2.45) is 0 Å². The zero-order valence-electron chi connectivity index (χ0n) is 11.9. The molecule has 4 nitrogen and oxygen atoms in total. The highest BCUT2D eigenvalue weighted by Crippen LogP contribution is 2.32. The normalized spacial score (nSPS) is 12.4. The van der Waals surface area contributed by atoms with E-state index in [0.717, 1.165) is 18.2 Å². The summed E-state index contributed by atoms with van der Waals surface area (Å²) in [7, 11) is 0. The molecule has 1 atom stereocenters. The number of hydrogen-bond acceptors (Lipinski definition) is 4. The molecule has 1 heterocycles. The van der Waals surface area contributed by atoms with Gasteiger partial charge in [0.25, 0.3) is 5.56 Å². The molecule has 0 bridgehead atoms. The topological polar surface area (TPSA) is 66.0 Å². The van der Waals surface area contributed by atoms with Crippen molar-refractivity contribution in [3.63, 3.8) is 0 Å². The monoisotopic (exact) mass is 308 g/mol. The summed E-state index contributed by atoms with van der Waals surface area (Å²) in [6.07, 6.45) is 0.669. The van der Waals surface area contributed by atoms with Crippen molar-refractivity contribution < 1.29 is 9.50 Å². The fraction of sp³-hybridized carbons (Fsp3) is 0.333. The van der Waals surface area contributed by atoms with Gasteiger partial charge in [-0.2, -0.15) is 0 Å². The molecule has 0 aliphatic carbocycles. The molecule has 0 unspecified atom stereocenters. The maximum absolute atomic E-state index is 13.8. The second-order valence-corrected chi connectivity index (χ2v) is 5.75. The van der Waals surface area contributed by atoms with E-state index in [1.807, 2.05) is 6.92 Å². The largest absolute Gasteiger partial charge is 0.389 e. The smallest absolute Gasteiger partial charge is 0.251 e. The molecule has 1 aromatic carbocycles. The number of hydrogen-bond donors (Lipinski definition) is 2. The van der Waals surface area contributed by atoms with E-state index in [-0.39, 0.29) is 11.1 Å². The summed E-state index contributed by atoms with van der Waals surface area (Å²) in [5.41, 5.74) is 0.691. The third-order valence-corrected chi connectivity index (χ3v) is 3.88. The first-order valence-electron chi connectivity index (χ1n) is 6.75. The molecule has 6 heteroatoms. The second-order valence-electron chi connectivity index (χ2n) is 4.72. The predicted molar refractivity (Wildman–Crippen MR) is 80.0 cm³/mol. The van der Waals surface area contributed by atoms with Crippen molar-refractivity contribution in [1.29, 1.82) is 0 Å². The van der Waals surface area contributed by atoms with Crippen LogP contribution in [0.1, 0.15) is 37.6 Å². The molecule has 0 radical (unpaired) electrons. The van der Waals surface area contributed by atoms with Gasteiger partial charge in [0.2, 0.25) is 0 Å². The van der Waals surface area contributed by atoms with E-state index in [1.165, 1.54) is 19.1 Å². The first kappa shape index (κ1) is 15.7. The van der Waals surface area contributed by atoms with Crippen LogP contribution in [0, 0.1) is 5.82 Å². The molecular weight excluding hydrogens is 291 g/mol. The molecule has 2 rings (SSSR count). The van der Waals surface area contributed by atoms with Gasteiger partial charge in [-0.25, -0.2) is 9.37 Å². The van der Waals surface area contributed by atoms with Gasteiger partial charge in [0.05, 0.1) is 6.10 Å². The summed E-state index contributed by atoms with van der Waals surface area (Å²) in [6.45, 7) is 3.51. The van der Waals surface area contributed by atoms with Gasteiger partial charge in [-0.3, -0.25) is 4.79 Å². The number of nitrogens with zero attached hydrogens (tertiary/aromatic N) is 1. The molecule has 2 aromatic rings. The average Bonchev–Trinajstić information content (AvgIpc) is 2.37. The molecule has 1 aromatic heterocycles. The van der Waals surface area contributed by atoms with Crippen LogP contribution in [0.5, 0.6) is 0 Å². The zero-order chi connectivity index (χ0) is 15.4. The summed E-state index contributed by atoms with van der Waals surface area (Å²) in [5, 5.41) is 10.1. The number of aromatic nitrogens is 2. The molecule has 2 N–H and O–H groups in total. The molecule has 0 spiro atoms. The van der Waals surface area contributed by atoms with Crippen LogP contribution in [0.3, 0.4) is 0 Å². The first-order chi connectivity index (χ1) is 10.0. The molecule has 0 saturated heterocycles. The van der Waals surface area contributed by atoms with E-state index >= 15 is 0 Å². The summed E-state index contributed by atoms with van der Waals surface area (Å²) in [4.78, 5) is 19.2. The van der Waals surface area contributed by atoms with Crippen molar-refractivity contribution in [3.8, 4) is 0 Å². The van der Waals surface area contributed by atoms with Crippen LogP contribution in [0.15, 0.2) is 39.1 Å². The quantitative estimate of drug-likeness (QED) is 0.833. The van der Waals surface area contributed by atoms with Crippen molar-refractivity contribution in [2.75, 3.05) is 0 Å². The average molecular weight is 308 g/mol. The minimum absolute atomic E-state index is 0.214. The van der Waals surface area contributed by atoms with Crippen LogP contribution in [0.2, 0.25) is 0 Å². The molecule has 0 saturated carbocycles. The minimum atomic E-state index is -0.931. The van der Waals surface area contributed by atoms with Crippen LogP contribution in [-0.2, 0) is 6.42 Å². The van der Waals surface area contributed by atoms with Gasteiger partial charge >= 0.3 is 0 Å². The third kappa shape index (κ3) is 3.92. The predicted octanol–water partition coefficient (Wildman–Crippen LogP) is 3.07. The van der Waals surface area contributed by atoms with E-state index in [9.17, 15) is 14.3 Å². The van der Waals surface area contributed by atoms with Crippen molar-refractivity contribution >= 4 is 11.8 Å². The number of H-pyrrole nitrogens is 1. The summed E-state index contributed by atoms with van der Waals surface area (Å²) in [5.74, 6) is -0.470. The Morgan fingerprint density at radius 2 is 2.24 bits per heavy atom. The van der Waals surface area contributed by atoms with E-state index in [4.69, 9.17) is 0 Å². The lowest BCUT2D eigenvalue weighted by atomic mass is 10.1. The molecule has 0 amide bonds. The van der Waals surface area contributed by atoms with Crippen LogP contribution < -0.4 is 5.56 Å². The van der Waals surface area contributed by atoms with Crippen LogP contribution in [0.25, 0.3) is 0 Å². The highest BCUT2D eigenvalue weighted by atomic mass is 32.2. The number of benzene rings is 1. The van der Waals surface area contributed by atoms with E-state index in [2.05, 4.69) is 9.97 Å².